The molecule has 2 saturated heterocycles. The lowest BCUT2D eigenvalue weighted by Crippen LogP contribution is -2.49. The summed E-state index contributed by atoms with van der Waals surface area (Å²) >= 11 is 0. The summed E-state index contributed by atoms with van der Waals surface area (Å²) in [5.74, 6) is -1.45. The number of hydrogen-bond acceptors (Lipinski definition) is 6. The molecule has 0 spiro atoms. The molecular weight excluding hydrogens is 550 g/mol. The molecule has 0 unspecified atom stereocenters. The van der Waals surface area contributed by atoms with Gasteiger partial charge in [0.25, 0.3) is 0 Å². The molecule has 11 heteroatoms. The highest BCUT2D eigenvalue weighted by Crippen LogP contribution is 2.48. The molecule has 2 aromatic carbocycles. The molecule has 11 nitrogen and oxygen atoms in total. The summed E-state index contributed by atoms with van der Waals surface area (Å²) in [5, 5.41) is 5.78. The summed E-state index contributed by atoms with van der Waals surface area (Å²) in [5.41, 5.74) is 7.44. The van der Waals surface area contributed by atoms with Gasteiger partial charge in [-0.3, -0.25) is 24.1 Å². The number of likely N-dealkylation sites (tertiary alicyclic amines) is 2. The van der Waals surface area contributed by atoms with E-state index in [9.17, 15) is 24.0 Å². The van der Waals surface area contributed by atoms with Crippen molar-refractivity contribution in [1.29, 1.82) is 0 Å². The molecule has 226 valence electrons. The van der Waals surface area contributed by atoms with Crippen LogP contribution in [0.2, 0.25) is 0 Å². The quantitative estimate of drug-likeness (QED) is 0.301. The first-order valence-electron chi connectivity index (χ1n) is 14.8. The molecule has 5 rings (SSSR count). The zero-order valence-electron chi connectivity index (χ0n) is 24.2. The van der Waals surface area contributed by atoms with E-state index in [0.29, 0.717) is 56.6 Å². The molecule has 1 saturated carbocycles. The zero-order valence-corrected chi connectivity index (χ0v) is 24.2. The van der Waals surface area contributed by atoms with Gasteiger partial charge in [-0.2, -0.15) is 0 Å². The molecule has 3 aliphatic rings. The van der Waals surface area contributed by atoms with Crippen LogP contribution in [0.4, 0.5) is 16.2 Å². The molecule has 5 amide bonds. The number of nitrogens with one attached hydrogen (secondary N) is 2. The first-order chi connectivity index (χ1) is 20.7. The molecule has 3 fully saturated rings. The van der Waals surface area contributed by atoms with E-state index in [-0.39, 0.29) is 24.3 Å². The van der Waals surface area contributed by atoms with Crippen LogP contribution in [0.1, 0.15) is 56.6 Å². The molecule has 0 aromatic heterocycles. The summed E-state index contributed by atoms with van der Waals surface area (Å²) in [4.78, 5) is 65.6. The number of benzene rings is 2. The van der Waals surface area contributed by atoms with Crippen LogP contribution in [-0.2, 0) is 23.9 Å². The van der Waals surface area contributed by atoms with Crippen LogP contribution in [0, 0.1) is 5.41 Å². The smallest absolute Gasteiger partial charge is 0.410 e. The summed E-state index contributed by atoms with van der Waals surface area (Å²) in [7, 11) is 0. The Bertz CT molecular complexity index is 1420. The fraction of sp³-hybridized carbons (Fsp3) is 0.406. The third-order valence-electron chi connectivity index (χ3n) is 8.33. The monoisotopic (exact) mass is 587 g/mol. The average Bonchev–Trinajstić information content (AvgIpc) is 3.42. The highest BCUT2D eigenvalue weighted by Gasteiger charge is 2.58. The van der Waals surface area contributed by atoms with E-state index in [0.717, 1.165) is 17.5 Å². The Hall–Kier alpha value is -4.67. The third kappa shape index (κ3) is 6.55. The minimum atomic E-state index is -1.13. The number of rotatable bonds is 9. The molecule has 2 aliphatic heterocycles. The van der Waals surface area contributed by atoms with Crippen LogP contribution in [0.3, 0.4) is 0 Å². The van der Waals surface area contributed by atoms with Gasteiger partial charge in [-0.15, -0.1) is 0 Å². The first-order valence-corrected chi connectivity index (χ1v) is 14.8. The van der Waals surface area contributed by atoms with Gasteiger partial charge in [0, 0.05) is 24.5 Å². The number of primary amides is 1. The van der Waals surface area contributed by atoms with E-state index in [4.69, 9.17) is 10.5 Å². The van der Waals surface area contributed by atoms with Crippen LogP contribution in [0.5, 0.6) is 0 Å². The second-order valence-electron chi connectivity index (χ2n) is 11.2. The van der Waals surface area contributed by atoms with Crippen molar-refractivity contribution in [2.45, 2.75) is 57.5 Å². The highest BCUT2D eigenvalue weighted by atomic mass is 16.6. The van der Waals surface area contributed by atoms with Gasteiger partial charge in [-0.25, -0.2) is 4.79 Å². The van der Waals surface area contributed by atoms with Gasteiger partial charge >= 0.3 is 6.09 Å². The predicted molar refractivity (Wildman–Crippen MR) is 161 cm³/mol. The number of carbonyl (C=O) groups excluding carboxylic acids is 5. The summed E-state index contributed by atoms with van der Waals surface area (Å²) in [6.07, 6.45) is 6.90. The number of hydrogen-bond donors (Lipinski definition) is 3. The topological polar surface area (TPSA) is 151 Å². The Morgan fingerprint density at radius 3 is 1.72 bits per heavy atom. The molecule has 0 bridgehead atoms. The number of ether oxygens (including phenoxy) is 1. The van der Waals surface area contributed by atoms with E-state index >= 15 is 0 Å². The van der Waals surface area contributed by atoms with Gasteiger partial charge in [-0.05, 0) is 80.8 Å². The van der Waals surface area contributed by atoms with Gasteiger partial charge in [0.1, 0.15) is 17.5 Å². The van der Waals surface area contributed by atoms with Crippen LogP contribution in [0.25, 0.3) is 12.2 Å². The number of nitrogens with zero attached hydrogens (tertiary/aromatic N) is 2. The van der Waals surface area contributed by atoms with Crippen molar-refractivity contribution >= 4 is 53.2 Å². The van der Waals surface area contributed by atoms with E-state index in [1.807, 2.05) is 48.6 Å². The minimum Gasteiger partial charge on any atom is -0.450 e. The predicted octanol–water partition coefficient (Wildman–Crippen LogP) is 3.61. The lowest BCUT2D eigenvalue weighted by atomic mass is 10.0. The molecule has 0 radical (unpaired) electrons. The van der Waals surface area contributed by atoms with Crippen molar-refractivity contribution in [3.05, 3.63) is 59.7 Å². The third-order valence-corrected chi connectivity index (χ3v) is 8.33. The Morgan fingerprint density at radius 2 is 1.28 bits per heavy atom. The fourth-order valence-corrected chi connectivity index (χ4v) is 5.71. The average molecular weight is 588 g/mol. The van der Waals surface area contributed by atoms with Crippen LogP contribution >= 0.6 is 0 Å². The Morgan fingerprint density at radius 1 is 0.814 bits per heavy atom. The van der Waals surface area contributed by atoms with Gasteiger partial charge in [0.2, 0.25) is 23.6 Å². The highest BCUT2D eigenvalue weighted by molar-refractivity contribution is 6.09. The van der Waals surface area contributed by atoms with Gasteiger partial charge in [0.05, 0.1) is 6.61 Å². The minimum absolute atomic E-state index is 0.231. The van der Waals surface area contributed by atoms with E-state index in [2.05, 4.69) is 10.6 Å². The first kappa shape index (κ1) is 29.8. The summed E-state index contributed by atoms with van der Waals surface area (Å²) < 4.78 is 5.07. The Balaban J connectivity index is 1.13. The summed E-state index contributed by atoms with van der Waals surface area (Å²) in [6, 6.07) is 13.6. The number of nitrogens with two attached hydrogens (primary N) is 1. The largest absolute Gasteiger partial charge is 0.450 e. The van der Waals surface area contributed by atoms with Crippen molar-refractivity contribution in [2.24, 2.45) is 11.1 Å². The van der Waals surface area contributed by atoms with Crippen molar-refractivity contribution < 1.29 is 28.7 Å². The molecule has 2 aromatic rings. The lowest BCUT2D eigenvalue weighted by Gasteiger charge is -2.27. The van der Waals surface area contributed by atoms with Crippen LogP contribution < -0.4 is 16.4 Å². The van der Waals surface area contributed by atoms with Crippen LogP contribution in [-0.4, -0.2) is 71.3 Å². The molecule has 2 atom stereocenters. The standard InChI is InChI=1S/C32H37N5O6/c1-2-43-31(42)37-20-4-6-26(37)28(39)35-24-15-11-22(12-16-24)8-7-21-9-13-23(14-10-21)34-27(38)25-5-3-19-36(25)30(41)32(17-18-32)29(33)40/h7-16,25-26H,2-6,17-20H2,1H3,(H2,33,40)(H,34,38)(H,35,39)/t25-,26-/m0/s1. The second-order valence-corrected chi connectivity index (χ2v) is 11.2. The fourth-order valence-electron chi connectivity index (χ4n) is 5.71. The maximum absolute atomic E-state index is 13.0. The van der Waals surface area contributed by atoms with Crippen molar-refractivity contribution in [1.82, 2.24) is 9.80 Å². The molecule has 2 heterocycles. The maximum Gasteiger partial charge on any atom is 0.410 e. The van der Waals surface area contributed by atoms with Crippen molar-refractivity contribution in [3.8, 4) is 0 Å². The number of amides is 5. The SMILES string of the molecule is CCOC(=O)N1CCC[C@H]1C(=O)Nc1ccc(C=Cc2ccc(NC(=O)[C@@H]3CCCN3C(=O)C3(C(N)=O)CC3)cc2)cc1. The molecular formula is C32H37N5O6. The van der Waals surface area contributed by atoms with Crippen LogP contribution in [0.15, 0.2) is 48.5 Å². The number of anilines is 2. The molecule has 4 N–H and O–H groups in total. The zero-order chi connectivity index (χ0) is 30.6. The van der Waals surface area contributed by atoms with Crippen molar-refractivity contribution in [2.75, 3.05) is 30.3 Å². The Kier molecular flexibility index (Phi) is 8.79. The molecule has 1 aliphatic carbocycles. The Labute approximate surface area is 250 Å². The second kappa shape index (κ2) is 12.7. The van der Waals surface area contributed by atoms with E-state index < -0.39 is 29.5 Å². The van der Waals surface area contributed by atoms with Crippen molar-refractivity contribution in [3.63, 3.8) is 0 Å². The van der Waals surface area contributed by atoms with E-state index in [1.54, 1.807) is 19.1 Å². The van der Waals surface area contributed by atoms with Gasteiger partial charge in [-0.1, -0.05) is 36.4 Å². The van der Waals surface area contributed by atoms with E-state index in [1.165, 1.54) is 9.80 Å². The maximum atomic E-state index is 13.0. The summed E-state index contributed by atoms with van der Waals surface area (Å²) in [6.45, 7) is 2.96. The molecule has 43 heavy (non-hydrogen) atoms. The lowest BCUT2D eigenvalue weighted by molar-refractivity contribution is -0.146. The van der Waals surface area contributed by atoms with Gasteiger partial charge in [0.15, 0.2) is 0 Å². The number of carbonyl (C=O) groups is 5. The normalized spacial score (nSPS) is 20.6. The van der Waals surface area contributed by atoms with Gasteiger partial charge < -0.3 is 26.0 Å².